The molecule has 114 valence electrons. The summed E-state index contributed by atoms with van der Waals surface area (Å²) in [4.78, 5) is 14.4. The number of benzene rings is 1. The van der Waals surface area contributed by atoms with Crippen molar-refractivity contribution in [1.29, 1.82) is 0 Å². The molecule has 21 heavy (non-hydrogen) atoms. The largest absolute Gasteiger partial charge is 0.459 e. The first-order valence-electron chi connectivity index (χ1n) is 7.94. The van der Waals surface area contributed by atoms with Gasteiger partial charge in [0.05, 0.1) is 31.3 Å². The van der Waals surface area contributed by atoms with Crippen molar-refractivity contribution < 1.29 is 14.0 Å². The lowest BCUT2D eigenvalue weighted by atomic mass is 10.1. The average molecular weight is 289 g/mol. The van der Waals surface area contributed by atoms with Crippen LogP contribution in [0.2, 0.25) is 0 Å². The third-order valence-electron chi connectivity index (χ3n) is 4.72. The van der Waals surface area contributed by atoms with Crippen LogP contribution in [0.5, 0.6) is 0 Å². The number of fused-ring (bicyclic) bond motifs is 3. The van der Waals surface area contributed by atoms with Gasteiger partial charge in [0.25, 0.3) is 0 Å². The van der Waals surface area contributed by atoms with E-state index in [0.717, 1.165) is 6.54 Å². The molecule has 0 amide bonds. The summed E-state index contributed by atoms with van der Waals surface area (Å²) in [5.41, 5.74) is 1.97. The number of hydrogen-bond acceptors (Lipinski definition) is 3. The van der Waals surface area contributed by atoms with Gasteiger partial charge in [-0.05, 0) is 26.0 Å². The molecule has 4 rings (SSSR count). The van der Waals surface area contributed by atoms with Gasteiger partial charge in [-0.3, -0.25) is 4.90 Å². The molecule has 4 heteroatoms. The molecule has 0 aromatic heterocycles. The van der Waals surface area contributed by atoms with E-state index in [9.17, 15) is 4.79 Å². The van der Waals surface area contributed by atoms with Gasteiger partial charge in [-0.2, -0.15) is 0 Å². The molecule has 3 saturated heterocycles. The molecule has 3 fully saturated rings. The number of ether oxygens (including phenoxy) is 1. The summed E-state index contributed by atoms with van der Waals surface area (Å²) in [6.45, 7) is 12.3. The molecule has 3 aliphatic rings. The molecule has 0 N–H and O–H groups in total. The van der Waals surface area contributed by atoms with Crippen molar-refractivity contribution in [1.82, 2.24) is 4.90 Å². The van der Waals surface area contributed by atoms with Crippen LogP contribution < -0.4 is 0 Å². The molecule has 0 aliphatic carbocycles. The van der Waals surface area contributed by atoms with Crippen molar-refractivity contribution >= 4 is 5.97 Å². The van der Waals surface area contributed by atoms with Crippen molar-refractivity contribution in [2.75, 3.05) is 39.3 Å². The number of carbonyl (C=O) groups excluding carboxylic acids is 1. The number of nitrogens with zero attached hydrogens (tertiary/aromatic N) is 2. The SMILES string of the molecule is CC(C)OC(=O)c1ccc(C[N+]23CCN(CC2)CC3)cc1. The van der Waals surface area contributed by atoms with E-state index in [1.54, 1.807) is 0 Å². The Kier molecular flexibility index (Phi) is 4.00. The lowest BCUT2D eigenvalue weighted by Gasteiger charge is -2.50. The monoisotopic (exact) mass is 289 g/mol. The van der Waals surface area contributed by atoms with Crippen LogP contribution in [0.15, 0.2) is 24.3 Å². The van der Waals surface area contributed by atoms with E-state index in [-0.39, 0.29) is 12.1 Å². The van der Waals surface area contributed by atoms with Gasteiger partial charge in [0.2, 0.25) is 0 Å². The highest BCUT2D eigenvalue weighted by Crippen LogP contribution is 2.23. The predicted molar refractivity (Wildman–Crippen MR) is 82.0 cm³/mol. The fraction of sp³-hybridized carbons (Fsp3) is 0.588. The Morgan fingerprint density at radius 2 is 1.71 bits per heavy atom. The molecule has 1 aromatic carbocycles. The first-order chi connectivity index (χ1) is 10.1. The molecule has 3 heterocycles. The topological polar surface area (TPSA) is 29.5 Å². The highest BCUT2D eigenvalue weighted by Gasteiger charge is 2.38. The zero-order valence-electron chi connectivity index (χ0n) is 13.0. The van der Waals surface area contributed by atoms with Crippen LogP contribution in [0, 0.1) is 0 Å². The molecule has 1 aromatic rings. The third kappa shape index (κ3) is 3.27. The molecule has 0 saturated carbocycles. The molecular formula is C17H25N2O2+. The number of quaternary nitrogens is 1. The van der Waals surface area contributed by atoms with Gasteiger partial charge in [0, 0.05) is 25.2 Å². The van der Waals surface area contributed by atoms with Gasteiger partial charge in [-0.25, -0.2) is 4.79 Å². The summed E-state index contributed by atoms with van der Waals surface area (Å²) in [7, 11) is 0. The molecule has 0 spiro atoms. The van der Waals surface area contributed by atoms with Gasteiger partial charge in [0.15, 0.2) is 0 Å². The van der Waals surface area contributed by atoms with Crippen molar-refractivity contribution in [2.24, 2.45) is 0 Å². The van der Waals surface area contributed by atoms with Crippen molar-refractivity contribution in [3.8, 4) is 0 Å². The summed E-state index contributed by atoms with van der Waals surface area (Å²) in [6, 6.07) is 7.98. The zero-order chi connectivity index (χ0) is 14.9. The average Bonchev–Trinajstić information content (AvgIpc) is 2.48. The Morgan fingerprint density at radius 3 is 2.24 bits per heavy atom. The highest BCUT2D eigenvalue weighted by atomic mass is 16.5. The smallest absolute Gasteiger partial charge is 0.338 e. The van der Waals surface area contributed by atoms with Crippen molar-refractivity contribution in [3.63, 3.8) is 0 Å². The van der Waals surface area contributed by atoms with Crippen LogP contribution in [0.25, 0.3) is 0 Å². The maximum Gasteiger partial charge on any atom is 0.338 e. The highest BCUT2D eigenvalue weighted by molar-refractivity contribution is 5.89. The van der Waals surface area contributed by atoms with Gasteiger partial charge in [0.1, 0.15) is 6.54 Å². The predicted octanol–water partition coefficient (Wildman–Crippen LogP) is 1.90. The van der Waals surface area contributed by atoms with E-state index in [0.29, 0.717) is 5.56 Å². The second-order valence-electron chi connectivity index (χ2n) is 6.66. The lowest BCUT2D eigenvalue weighted by molar-refractivity contribution is -0.953. The fourth-order valence-electron chi connectivity index (χ4n) is 3.38. The third-order valence-corrected chi connectivity index (χ3v) is 4.72. The van der Waals surface area contributed by atoms with Crippen LogP contribution in [0.4, 0.5) is 0 Å². The molecular weight excluding hydrogens is 264 g/mol. The number of carbonyl (C=O) groups is 1. The standard InChI is InChI=1S/C17H25N2O2/c1-14(2)21-17(20)16-5-3-15(4-6-16)13-19-10-7-18(8-11-19)9-12-19/h3-6,14H,7-13H2,1-2H3/q+1. The molecule has 0 radical (unpaired) electrons. The van der Waals surface area contributed by atoms with Gasteiger partial charge >= 0.3 is 5.97 Å². The Balaban J connectivity index is 1.65. The van der Waals surface area contributed by atoms with E-state index in [4.69, 9.17) is 4.74 Å². The first kappa shape index (κ1) is 14.5. The van der Waals surface area contributed by atoms with E-state index in [1.165, 1.54) is 49.3 Å². The number of rotatable bonds is 4. The normalized spacial score (nSPS) is 27.9. The number of esters is 1. The fourth-order valence-corrected chi connectivity index (χ4v) is 3.38. The Labute approximate surface area is 126 Å². The summed E-state index contributed by atoms with van der Waals surface area (Å²) in [5, 5.41) is 0. The molecule has 4 nitrogen and oxygen atoms in total. The van der Waals surface area contributed by atoms with Gasteiger partial charge < -0.3 is 9.22 Å². The first-order valence-corrected chi connectivity index (χ1v) is 7.94. The zero-order valence-corrected chi connectivity index (χ0v) is 13.0. The second kappa shape index (κ2) is 5.78. The minimum atomic E-state index is -0.227. The van der Waals surface area contributed by atoms with Gasteiger partial charge in [-0.1, -0.05) is 12.1 Å². The van der Waals surface area contributed by atoms with E-state index < -0.39 is 0 Å². The van der Waals surface area contributed by atoms with E-state index in [1.807, 2.05) is 26.0 Å². The second-order valence-corrected chi connectivity index (χ2v) is 6.66. The number of piperazine rings is 3. The van der Waals surface area contributed by atoms with E-state index >= 15 is 0 Å². The summed E-state index contributed by atoms with van der Waals surface area (Å²) >= 11 is 0. The minimum Gasteiger partial charge on any atom is -0.459 e. The maximum atomic E-state index is 11.9. The van der Waals surface area contributed by atoms with E-state index in [2.05, 4.69) is 17.0 Å². The summed E-state index contributed by atoms with van der Waals surface area (Å²) in [6.07, 6.45) is -0.0693. The van der Waals surface area contributed by atoms with Crippen LogP contribution in [0.1, 0.15) is 29.8 Å². The molecule has 2 bridgehead atoms. The molecule has 0 unspecified atom stereocenters. The van der Waals surface area contributed by atoms with Gasteiger partial charge in [-0.15, -0.1) is 0 Å². The Morgan fingerprint density at radius 1 is 1.14 bits per heavy atom. The van der Waals surface area contributed by atoms with Crippen LogP contribution in [0.3, 0.4) is 0 Å². The minimum absolute atomic E-state index is 0.0693. The quantitative estimate of drug-likeness (QED) is 0.626. The van der Waals surface area contributed by atoms with Crippen molar-refractivity contribution in [2.45, 2.75) is 26.5 Å². The van der Waals surface area contributed by atoms with Crippen LogP contribution >= 0.6 is 0 Å². The lowest BCUT2D eigenvalue weighted by Crippen LogP contribution is -2.66. The molecule has 0 atom stereocenters. The maximum absolute atomic E-state index is 11.9. The van der Waals surface area contributed by atoms with Crippen molar-refractivity contribution in [3.05, 3.63) is 35.4 Å². The summed E-state index contributed by atoms with van der Waals surface area (Å²) < 4.78 is 6.44. The van der Waals surface area contributed by atoms with Crippen LogP contribution in [-0.2, 0) is 11.3 Å². The van der Waals surface area contributed by atoms with Crippen LogP contribution in [-0.4, -0.2) is 60.7 Å². The summed E-state index contributed by atoms with van der Waals surface area (Å²) in [5.74, 6) is -0.227. The Bertz CT molecular complexity index is 488. The number of hydrogen-bond donors (Lipinski definition) is 0. The molecule has 3 aliphatic heterocycles. The Hall–Kier alpha value is -1.39.